The van der Waals surface area contributed by atoms with E-state index in [1.54, 1.807) is 36.4 Å². The summed E-state index contributed by atoms with van der Waals surface area (Å²) in [5, 5.41) is 0. The lowest BCUT2D eigenvalue weighted by atomic mass is 9.88. The normalized spacial score (nSPS) is 25.6. The topological polar surface area (TPSA) is 26.3 Å². The van der Waals surface area contributed by atoms with Gasteiger partial charge < -0.3 is 4.74 Å². The quantitative estimate of drug-likeness (QED) is 0.744. The van der Waals surface area contributed by atoms with Crippen LogP contribution in [-0.4, -0.2) is 11.3 Å². The van der Waals surface area contributed by atoms with E-state index in [4.69, 9.17) is 27.9 Å². The number of halogens is 2. The molecular formula is C15H10Cl2O2. The number of fused-ring (bicyclic) bond motifs is 1. The maximum atomic E-state index is 12.7. The predicted molar refractivity (Wildman–Crippen MR) is 75.0 cm³/mol. The lowest BCUT2D eigenvalue weighted by Gasteiger charge is -2.35. The first-order chi connectivity index (χ1) is 9.14. The molecule has 96 valence electrons. The van der Waals surface area contributed by atoms with E-state index in [-0.39, 0.29) is 5.78 Å². The Morgan fingerprint density at radius 1 is 1.00 bits per heavy atom. The Hall–Kier alpha value is -1.51. The number of ketones is 1. The van der Waals surface area contributed by atoms with Crippen molar-refractivity contribution in [1.82, 2.24) is 0 Å². The lowest BCUT2D eigenvalue weighted by molar-refractivity contribution is 0.0826. The van der Waals surface area contributed by atoms with Crippen molar-refractivity contribution >= 4 is 29.0 Å². The molecule has 0 bridgehead atoms. The van der Waals surface area contributed by atoms with Crippen LogP contribution in [0.4, 0.5) is 0 Å². The molecule has 19 heavy (non-hydrogen) atoms. The van der Waals surface area contributed by atoms with Gasteiger partial charge in [-0.15, -0.1) is 0 Å². The molecule has 0 N–H and O–H groups in total. The van der Waals surface area contributed by atoms with Gasteiger partial charge in [0.1, 0.15) is 5.75 Å². The van der Waals surface area contributed by atoms with Crippen molar-refractivity contribution in [2.45, 2.75) is 10.4 Å². The first kappa shape index (κ1) is 12.5. The molecule has 1 aliphatic rings. The Morgan fingerprint density at radius 3 is 2.37 bits per heavy atom. The molecule has 0 spiro atoms. The molecule has 0 radical (unpaired) electrons. The third-order valence-corrected chi connectivity index (χ3v) is 4.32. The van der Waals surface area contributed by atoms with Crippen molar-refractivity contribution in [2.75, 3.05) is 0 Å². The summed E-state index contributed by atoms with van der Waals surface area (Å²) in [7, 11) is 0. The summed E-state index contributed by atoms with van der Waals surface area (Å²) in [6, 6.07) is 16.0. The van der Waals surface area contributed by atoms with E-state index in [9.17, 15) is 4.79 Å². The van der Waals surface area contributed by atoms with E-state index in [2.05, 4.69) is 0 Å². The summed E-state index contributed by atoms with van der Waals surface area (Å²) in [6.45, 7) is 0. The average molecular weight is 293 g/mol. The first-order valence-corrected chi connectivity index (χ1v) is 6.64. The summed E-state index contributed by atoms with van der Waals surface area (Å²) in [4.78, 5) is 11.3. The molecule has 4 heteroatoms. The van der Waals surface area contributed by atoms with Crippen LogP contribution in [0, 0.1) is 0 Å². The Labute approximate surface area is 120 Å². The van der Waals surface area contributed by atoms with Gasteiger partial charge in [0, 0.05) is 0 Å². The number of alkyl halides is 2. The molecule has 1 heterocycles. The van der Waals surface area contributed by atoms with Crippen LogP contribution < -0.4 is 4.74 Å². The minimum absolute atomic E-state index is 0.234. The number of para-hydroxylation sites is 1. The van der Waals surface area contributed by atoms with E-state index in [1.807, 2.05) is 18.2 Å². The standard InChI is InChI=1S/C15H10Cl2O2/c16-14-15(17,10-6-2-1-3-7-10)13(18)11-8-4-5-9-12(11)19-14/h1-9,14H. The highest BCUT2D eigenvalue weighted by Crippen LogP contribution is 2.45. The van der Waals surface area contributed by atoms with Crippen molar-refractivity contribution in [3.05, 3.63) is 65.7 Å². The second kappa shape index (κ2) is 4.55. The fourth-order valence-electron chi connectivity index (χ4n) is 2.19. The molecule has 1 aliphatic heterocycles. The Bertz CT molecular complexity index is 627. The maximum Gasteiger partial charge on any atom is 0.202 e. The van der Waals surface area contributed by atoms with Crippen molar-refractivity contribution in [1.29, 1.82) is 0 Å². The molecule has 0 aromatic heterocycles. The second-order valence-corrected chi connectivity index (χ2v) is 5.33. The second-order valence-electron chi connectivity index (χ2n) is 4.34. The molecule has 2 aromatic carbocycles. The molecular weight excluding hydrogens is 283 g/mol. The third-order valence-electron chi connectivity index (χ3n) is 3.20. The zero-order chi connectivity index (χ0) is 13.5. The van der Waals surface area contributed by atoms with Crippen LogP contribution in [0.1, 0.15) is 15.9 Å². The first-order valence-electron chi connectivity index (χ1n) is 5.83. The molecule has 0 fully saturated rings. The molecule has 0 aliphatic carbocycles. The summed E-state index contributed by atoms with van der Waals surface area (Å²) in [5.41, 5.74) is 0.147. The van der Waals surface area contributed by atoms with Gasteiger partial charge >= 0.3 is 0 Å². The van der Waals surface area contributed by atoms with Crippen LogP contribution >= 0.6 is 23.2 Å². The number of benzene rings is 2. The van der Waals surface area contributed by atoms with Crippen LogP contribution in [0.3, 0.4) is 0 Å². The average Bonchev–Trinajstić information content (AvgIpc) is 2.46. The molecule has 3 rings (SSSR count). The smallest absolute Gasteiger partial charge is 0.202 e. The minimum Gasteiger partial charge on any atom is -0.471 e. The van der Waals surface area contributed by atoms with Gasteiger partial charge in [-0.25, -0.2) is 0 Å². The van der Waals surface area contributed by atoms with Gasteiger partial charge in [-0.1, -0.05) is 65.7 Å². The van der Waals surface area contributed by atoms with Crippen molar-refractivity contribution in [3.8, 4) is 5.75 Å². The van der Waals surface area contributed by atoms with Gasteiger partial charge in [0.15, 0.2) is 10.7 Å². The molecule has 0 amide bonds. The van der Waals surface area contributed by atoms with Crippen LogP contribution in [0.5, 0.6) is 5.75 Å². The van der Waals surface area contributed by atoms with Crippen molar-refractivity contribution in [2.24, 2.45) is 0 Å². The minimum atomic E-state index is -1.39. The van der Waals surface area contributed by atoms with Gasteiger partial charge in [-0.2, -0.15) is 0 Å². The van der Waals surface area contributed by atoms with Crippen LogP contribution in [-0.2, 0) is 4.87 Å². The number of Topliss-reactive ketones (excluding diaryl/α,β-unsaturated/α-hetero) is 1. The van der Waals surface area contributed by atoms with Gasteiger partial charge in [0.05, 0.1) is 5.56 Å². The highest BCUT2D eigenvalue weighted by Gasteiger charge is 2.50. The summed E-state index contributed by atoms with van der Waals surface area (Å²) in [6.07, 6.45) is 0. The van der Waals surface area contributed by atoms with Gasteiger partial charge in [-0.05, 0) is 17.7 Å². The number of ether oxygens (including phenoxy) is 1. The number of carbonyl (C=O) groups excluding carboxylic acids is 1. The monoisotopic (exact) mass is 292 g/mol. The third kappa shape index (κ3) is 1.83. The molecule has 0 saturated heterocycles. The molecule has 2 aromatic rings. The SMILES string of the molecule is O=C1c2ccccc2OC(Cl)C1(Cl)c1ccccc1. The molecule has 2 atom stereocenters. The number of hydrogen-bond acceptors (Lipinski definition) is 2. The maximum absolute atomic E-state index is 12.7. The van der Waals surface area contributed by atoms with Crippen LogP contribution in [0.2, 0.25) is 0 Å². The van der Waals surface area contributed by atoms with E-state index < -0.39 is 10.4 Å². The predicted octanol–water partition coefficient (Wildman–Crippen LogP) is 3.96. The Balaban J connectivity index is 2.16. The fraction of sp³-hybridized carbons (Fsp3) is 0.133. The summed E-state index contributed by atoms with van der Waals surface area (Å²) in [5.74, 6) is 0.238. The molecule has 2 unspecified atom stereocenters. The zero-order valence-corrected chi connectivity index (χ0v) is 11.4. The van der Waals surface area contributed by atoms with Gasteiger partial charge in [-0.3, -0.25) is 4.79 Å². The van der Waals surface area contributed by atoms with Crippen molar-refractivity contribution < 1.29 is 9.53 Å². The van der Waals surface area contributed by atoms with E-state index in [0.717, 1.165) is 0 Å². The van der Waals surface area contributed by atoms with E-state index in [1.165, 1.54) is 0 Å². The highest BCUT2D eigenvalue weighted by molar-refractivity contribution is 6.43. The number of rotatable bonds is 1. The van der Waals surface area contributed by atoms with Gasteiger partial charge in [0.2, 0.25) is 5.56 Å². The van der Waals surface area contributed by atoms with E-state index >= 15 is 0 Å². The Morgan fingerprint density at radius 2 is 1.63 bits per heavy atom. The van der Waals surface area contributed by atoms with Crippen molar-refractivity contribution in [3.63, 3.8) is 0 Å². The van der Waals surface area contributed by atoms with Crippen LogP contribution in [0.15, 0.2) is 54.6 Å². The molecule has 2 nitrogen and oxygen atoms in total. The zero-order valence-electron chi connectivity index (χ0n) is 9.85. The van der Waals surface area contributed by atoms with Crippen LogP contribution in [0.25, 0.3) is 0 Å². The fourth-order valence-corrected chi connectivity index (χ4v) is 2.78. The highest BCUT2D eigenvalue weighted by atomic mass is 35.5. The number of carbonyl (C=O) groups is 1. The molecule has 0 saturated carbocycles. The number of hydrogen-bond donors (Lipinski definition) is 0. The largest absolute Gasteiger partial charge is 0.471 e. The van der Waals surface area contributed by atoms with E-state index in [0.29, 0.717) is 16.9 Å². The summed E-state index contributed by atoms with van der Waals surface area (Å²) < 4.78 is 5.58. The summed E-state index contributed by atoms with van der Waals surface area (Å²) >= 11 is 12.7. The Kier molecular flexibility index (Phi) is 3.00. The van der Waals surface area contributed by atoms with Gasteiger partial charge in [0.25, 0.3) is 0 Å². The lowest BCUT2D eigenvalue weighted by Crippen LogP contribution is -2.45.